The van der Waals surface area contributed by atoms with Gasteiger partial charge in [-0.2, -0.15) is 5.26 Å². The number of ether oxygens (including phenoxy) is 1. The first kappa shape index (κ1) is 16.9. The van der Waals surface area contributed by atoms with Crippen molar-refractivity contribution in [3.63, 3.8) is 0 Å². The number of halogens is 1. The molecule has 0 bridgehead atoms. The summed E-state index contributed by atoms with van der Waals surface area (Å²) in [7, 11) is 0. The molecule has 4 atom stereocenters. The summed E-state index contributed by atoms with van der Waals surface area (Å²) in [4.78, 5) is 24.7. The molecule has 0 saturated carbocycles. The van der Waals surface area contributed by atoms with Crippen LogP contribution in [-0.4, -0.2) is 30.7 Å². The Morgan fingerprint density at radius 1 is 1.31 bits per heavy atom. The molecule has 4 rings (SSSR count). The van der Waals surface area contributed by atoms with Crippen molar-refractivity contribution in [3.8, 4) is 6.07 Å². The van der Waals surface area contributed by atoms with Gasteiger partial charge in [0.05, 0.1) is 23.8 Å². The van der Waals surface area contributed by atoms with Crippen LogP contribution in [0, 0.1) is 23.2 Å². The van der Waals surface area contributed by atoms with Gasteiger partial charge in [0.1, 0.15) is 5.92 Å². The van der Waals surface area contributed by atoms with Gasteiger partial charge in [0.2, 0.25) is 5.91 Å². The van der Waals surface area contributed by atoms with Gasteiger partial charge in [-0.05, 0) is 24.1 Å². The predicted octanol–water partition coefficient (Wildman–Crippen LogP) is 1.40. The fourth-order valence-electron chi connectivity index (χ4n) is 4.58. The summed E-state index contributed by atoms with van der Waals surface area (Å²) in [5.41, 5.74) is 6.85. The Balaban J connectivity index is 1.94. The molecule has 2 saturated heterocycles. The predicted molar refractivity (Wildman–Crippen MR) is 92.8 cm³/mol. The maximum Gasteiger partial charge on any atom is 0.321 e. The van der Waals surface area contributed by atoms with Crippen molar-refractivity contribution in [2.45, 2.75) is 17.9 Å². The van der Waals surface area contributed by atoms with Gasteiger partial charge in [-0.3, -0.25) is 10.1 Å². The number of urea groups is 1. The number of rotatable bonds is 1. The van der Waals surface area contributed by atoms with Crippen molar-refractivity contribution in [2.24, 2.45) is 17.6 Å². The van der Waals surface area contributed by atoms with E-state index in [4.69, 9.17) is 22.1 Å². The molecule has 2 aliphatic heterocycles. The van der Waals surface area contributed by atoms with E-state index >= 15 is 0 Å². The van der Waals surface area contributed by atoms with E-state index in [0.29, 0.717) is 30.2 Å². The van der Waals surface area contributed by atoms with E-state index in [0.717, 1.165) is 5.56 Å². The third kappa shape index (κ3) is 2.30. The Bertz CT molecular complexity index is 860. The molecule has 7 nitrogen and oxygen atoms in total. The highest BCUT2D eigenvalue weighted by atomic mass is 35.5. The van der Waals surface area contributed by atoms with Crippen LogP contribution in [0.15, 0.2) is 35.5 Å². The van der Waals surface area contributed by atoms with Crippen LogP contribution in [0.5, 0.6) is 0 Å². The van der Waals surface area contributed by atoms with E-state index in [1.54, 1.807) is 12.1 Å². The van der Waals surface area contributed by atoms with E-state index in [1.807, 2.05) is 12.1 Å². The zero-order chi connectivity index (χ0) is 18.5. The maximum absolute atomic E-state index is 12.6. The van der Waals surface area contributed by atoms with Gasteiger partial charge in [0, 0.05) is 29.2 Å². The largest absolute Gasteiger partial charge is 0.400 e. The second kappa shape index (κ2) is 6.01. The summed E-state index contributed by atoms with van der Waals surface area (Å²) in [6.45, 7) is 0.721. The molecular formula is C18H17ClN4O3. The molecule has 1 aliphatic carbocycles. The molecule has 2 fully saturated rings. The molecule has 1 spiro atoms. The lowest BCUT2D eigenvalue weighted by Crippen LogP contribution is -2.74. The number of imide groups is 1. The topological polar surface area (TPSA) is 117 Å². The minimum atomic E-state index is -0.869. The zero-order valence-corrected chi connectivity index (χ0v) is 14.5. The Morgan fingerprint density at radius 3 is 2.73 bits per heavy atom. The summed E-state index contributed by atoms with van der Waals surface area (Å²) in [5, 5.41) is 15.6. The first-order chi connectivity index (χ1) is 12.5. The molecule has 26 heavy (non-hydrogen) atoms. The monoisotopic (exact) mass is 372 g/mol. The molecule has 3 amide bonds. The summed E-state index contributed by atoms with van der Waals surface area (Å²) >= 11 is 6.00. The van der Waals surface area contributed by atoms with E-state index in [-0.39, 0.29) is 17.5 Å². The van der Waals surface area contributed by atoms with E-state index in [9.17, 15) is 14.9 Å². The number of benzene rings is 1. The van der Waals surface area contributed by atoms with Gasteiger partial charge in [-0.25, -0.2) is 4.79 Å². The Labute approximate surface area is 155 Å². The minimum absolute atomic E-state index is 0.211. The van der Waals surface area contributed by atoms with E-state index < -0.39 is 23.4 Å². The molecule has 3 aliphatic rings. The second-order valence-electron chi connectivity index (χ2n) is 6.86. The molecule has 0 radical (unpaired) electrons. The summed E-state index contributed by atoms with van der Waals surface area (Å²) in [6, 6.07) is 8.81. The SMILES string of the molecule is N#CC1=C(N)[C@H]2C(=O)NC(=O)N[C@]23CCOC[C@H]3[C@@H]1c1ccc(Cl)cc1. The quantitative estimate of drug-likeness (QED) is 0.688. The molecule has 134 valence electrons. The van der Waals surface area contributed by atoms with Crippen LogP contribution in [0.25, 0.3) is 0 Å². The number of carbonyl (C=O) groups excluding carboxylic acids is 2. The molecule has 8 heteroatoms. The van der Waals surface area contributed by atoms with Gasteiger partial charge in [-0.15, -0.1) is 0 Å². The molecular weight excluding hydrogens is 356 g/mol. The summed E-state index contributed by atoms with van der Waals surface area (Å²) in [6.07, 6.45) is 0.449. The van der Waals surface area contributed by atoms with Gasteiger partial charge >= 0.3 is 6.03 Å². The van der Waals surface area contributed by atoms with Gasteiger partial charge in [-0.1, -0.05) is 23.7 Å². The lowest BCUT2D eigenvalue weighted by Gasteiger charge is -2.55. The maximum atomic E-state index is 12.6. The highest BCUT2D eigenvalue weighted by Crippen LogP contribution is 2.52. The van der Waals surface area contributed by atoms with Crippen LogP contribution >= 0.6 is 11.6 Å². The van der Waals surface area contributed by atoms with Gasteiger partial charge in [0.15, 0.2) is 0 Å². The van der Waals surface area contributed by atoms with Crippen molar-refractivity contribution in [3.05, 3.63) is 46.1 Å². The number of nitrogens with two attached hydrogens (primary N) is 1. The van der Waals surface area contributed by atoms with Crippen LogP contribution < -0.4 is 16.4 Å². The molecule has 1 aromatic carbocycles. The molecule has 4 N–H and O–H groups in total. The van der Waals surface area contributed by atoms with Crippen LogP contribution in [-0.2, 0) is 9.53 Å². The first-order valence-corrected chi connectivity index (χ1v) is 8.71. The number of carbonyl (C=O) groups is 2. The smallest absolute Gasteiger partial charge is 0.321 e. The molecule has 0 aromatic heterocycles. The first-order valence-electron chi connectivity index (χ1n) is 8.34. The number of nitriles is 1. The van der Waals surface area contributed by atoms with Crippen LogP contribution in [0.1, 0.15) is 17.9 Å². The number of amides is 3. The lowest BCUT2D eigenvalue weighted by atomic mass is 9.57. The van der Waals surface area contributed by atoms with E-state index in [1.165, 1.54) is 0 Å². The number of hydrogen-bond donors (Lipinski definition) is 3. The minimum Gasteiger partial charge on any atom is -0.400 e. The number of nitrogens with zero attached hydrogens (tertiary/aromatic N) is 1. The fraction of sp³-hybridized carbons (Fsp3) is 0.389. The van der Waals surface area contributed by atoms with Crippen molar-refractivity contribution in [2.75, 3.05) is 13.2 Å². The Hall–Kier alpha value is -2.56. The zero-order valence-electron chi connectivity index (χ0n) is 13.8. The van der Waals surface area contributed by atoms with Crippen LogP contribution in [0.4, 0.5) is 4.79 Å². The van der Waals surface area contributed by atoms with Gasteiger partial charge in [0.25, 0.3) is 0 Å². The molecule has 2 heterocycles. The van der Waals surface area contributed by atoms with Crippen molar-refractivity contribution in [1.29, 1.82) is 5.26 Å². The van der Waals surface area contributed by atoms with Crippen LogP contribution in [0.2, 0.25) is 5.02 Å². The van der Waals surface area contributed by atoms with Crippen LogP contribution in [0.3, 0.4) is 0 Å². The molecule has 0 unspecified atom stereocenters. The Morgan fingerprint density at radius 2 is 2.04 bits per heavy atom. The number of hydrogen-bond acceptors (Lipinski definition) is 5. The summed E-state index contributed by atoms with van der Waals surface area (Å²) in [5.74, 6) is -1.94. The number of nitrogens with one attached hydrogen (secondary N) is 2. The summed E-state index contributed by atoms with van der Waals surface area (Å²) < 4.78 is 5.67. The Kier molecular flexibility index (Phi) is 3.90. The third-order valence-corrected chi connectivity index (χ3v) is 5.92. The lowest BCUT2D eigenvalue weighted by molar-refractivity contribution is -0.132. The third-order valence-electron chi connectivity index (χ3n) is 5.66. The number of allylic oxidation sites excluding steroid dienone is 1. The van der Waals surface area contributed by atoms with Crippen molar-refractivity contribution in [1.82, 2.24) is 10.6 Å². The average Bonchev–Trinajstić information content (AvgIpc) is 2.60. The fourth-order valence-corrected chi connectivity index (χ4v) is 4.71. The second-order valence-corrected chi connectivity index (χ2v) is 7.29. The molecule has 1 aromatic rings. The van der Waals surface area contributed by atoms with Crippen molar-refractivity contribution >= 4 is 23.5 Å². The highest BCUT2D eigenvalue weighted by Gasteiger charge is 2.61. The average molecular weight is 373 g/mol. The normalized spacial score (nSPS) is 33.5. The van der Waals surface area contributed by atoms with Gasteiger partial charge < -0.3 is 15.8 Å². The van der Waals surface area contributed by atoms with Crippen molar-refractivity contribution < 1.29 is 14.3 Å². The highest BCUT2D eigenvalue weighted by molar-refractivity contribution is 6.30. The van der Waals surface area contributed by atoms with E-state index in [2.05, 4.69) is 16.7 Å². The standard InChI is InChI=1S/C18H17ClN4O3/c19-10-3-1-9(2-4-10)13-11(7-20)15(21)14-16(24)22-17(25)23-18(14)5-6-26-8-12(13)18/h1-4,12-14H,5-6,8,21H2,(H2,22,23,24,25)/t12-,13+,14-,18-/m0/s1.